The number of carbonyl (C=O) groups excluding carboxylic acids is 2. The van der Waals surface area contributed by atoms with Gasteiger partial charge in [-0.15, -0.1) is 0 Å². The van der Waals surface area contributed by atoms with Gasteiger partial charge in [-0.3, -0.25) is 4.79 Å². The molecule has 2 aromatic rings. The number of nitrogens with zero attached hydrogens (tertiary/aromatic N) is 3. The van der Waals surface area contributed by atoms with Crippen LogP contribution in [0.25, 0.3) is 0 Å². The van der Waals surface area contributed by atoms with Gasteiger partial charge in [0.2, 0.25) is 0 Å². The molecule has 0 bridgehead atoms. The zero-order chi connectivity index (χ0) is 20.6. The predicted octanol–water partition coefficient (Wildman–Crippen LogP) is 3.13. The summed E-state index contributed by atoms with van der Waals surface area (Å²) < 4.78 is 5.02. The molecule has 1 aliphatic rings. The van der Waals surface area contributed by atoms with Crippen LogP contribution in [-0.4, -0.2) is 52.6 Å². The van der Waals surface area contributed by atoms with Gasteiger partial charge < -0.3 is 20.3 Å². The molecule has 0 aliphatic carbocycles. The highest BCUT2D eigenvalue weighted by Gasteiger charge is 2.25. The van der Waals surface area contributed by atoms with E-state index in [1.807, 2.05) is 18.2 Å². The lowest BCUT2D eigenvalue weighted by molar-refractivity contribution is 0.0856. The summed E-state index contributed by atoms with van der Waals surface area (Å²) in [7, 11) is 0. The summed E-state index contributed by atoms with van der Waals surface area (Å²) in [5.41, 5.74) is 2.45. The maximum Gasteiger partial charge on any atom is 0.409 e. The third-order valence-electron chi connectivity index (χ3n) is 4.92. The predicted molar refractivity (Wildman–Crippen MR) is 110 cm³/mol. The van der Waals surface area contributed by atoms with Crippen molar-refractivity contribution in [3.05, 3.63) is 47.9 Å². The molecule has 2 amide bonds. The van der Waals surface area contributed by atoms with Gasteiger partial charge in [0.05, 0.1) is 6.61 Å². The largest absolute Gasteiger partial charge is 0.450 e. The average Bonchev–Trinajstić information content (AvgIpc) is 2.75. The van der Waals surface area contributed by atoms with Crippen molar-refractivity contribution in [2.45, 2.75) is 39.2 Å². The molecule has 154 valence electrons. The van der Waals surface area contributed by atoms with Crippen molar-refractivity contribution in [2.24, 2.45) is 0 Å². The topological polar surface area (TPSA) is 96.5 Å². The summed E-state index contributed by atoms with van der Waals surface area (Å²) in [4.78, 5) is 34.4. The van der Waals surface area contributed by atoms with Crippen molar-refractivity contribution in [3.63, 3.8) is 0 Å². The van der Waals surface area contributed by atoms with Gasteiger partial charge in [0.15, 0.2) is 0 Å². The Kier molecular flexibility index (Phi) is 6.99. The number of likely N-dealkylation sites (tertiary alicyclic amines) is 1. The highest BCUT2D eigenvalue weighted by atomic mass is 16.6. The first-order valence-corrected chi connectivity index (χ1v) is 10.00. The third-order valence-corrected chi connectivity index (χ3v) is 4.92. The Morgan fingerprint density at radius 1 is 1.17 bits per heavy atom. The summed E-state index contributed by atoms with van der Waals surface area (Å²) in [6.45, 7) is 5.37. The number of ether oxygens (including phenoxy) is 1. The number of benzene rings is 1. The minimum absolute atomic E-state index is 0.000341. The number of nitrogens with one attached hydrogen (secondary N) is 2. The zero-order valence-corrected chi connectivity index (χ0v) is 16.9. The fourth-order valence-electron chi connectivity index (χ4n) is 3.32. The van der Waals surface area contributed by atoms with E-state index >= 15 is 0 Å². The van der Waals surface area contributed by atoms with Gasteiger partial charge in [0.25, 0.3) is 5.91 Å². The van der Waals surface area contributed by atoms with Crippen LogP contribution in [0.5, 0.6) is 0 Å². The summed E-state index contributed by atoms with van der Waals surface area (Å²) in [5, 5.41) is 6.27. The lowest BCUT2D eigenvalue weighted by atomic mass is 10.1. The minimum Gasteiger partial charge on any atom is -0.450 e. The van der Waals surface area contributed by atoms with E-state index in [1.165, 1.54) is 11.9 Å². The number of aryl methyl sites for hydroxylation is 1. The fraction of sp³-hybridized carbons (Fsp3) is 0.429. The van der Waals surface area contributed by atoms with Gasteiger partial charge in [-0.05, 0) is 37.8 Å². The second kappa shape index (κ2) is 9.86. The molecule has 1 aromatic heterocycles. The van der Waals surface area contributed by atoms with E-state index in [4.69, 9.17) is 4.74 Å². The van der Waals surface area contributed by atoms with Crippen LogP contribution in [0.1, 0.15) is 42.7 Å². The van der Waals surface area contributed by atoms with E-state index in [2.05, 4.69) is 33.6 Å². The number of anilines is 2. The van der Waals surface area contributed by atoms with E-state index in [1.54, 1.807) is 17.9 Å². The van der Waals surface area contributed by atoms with Crippen LogP contribution in [0.2, 0.25) is 0 Å². The van der Waals surface area contributed by atoms with Crippen LogP contribution < -0.4 is 10.6 Å². The van der Waals surface area contributed by atoms with Gasteiger partial charge in [-0.2, -0.15) is 0 Å². The Bertz CT molecular complexity index is 850. The van der Waals surface area contributed by atoms with Gasteiger partial charge in [0, 0.05) is 30.9 Å². The Morgan fingerprint density at radius 3 is 2.66 bits per heavy atom. The molecule has 1 aromatic carbocycles. The van der Waals surface area contributed by atoms with Crippen molar-refractivity contribution in [1.29, 1.82) is 0 Å². The fourth-order valence-corrected chi connectivity index (χ4v) is 3.32. The van der Waals surface area contributed by atoms with Gasteiger partial charge in [-0.25, -0.2) is 14.8 Å². The molecule has 2 N–H and O–H groups in total. The van der Waals surface area contributed by atoms with Crippen molar-refractivity contribution >= 4 is 23.5 Å². The van der Waals surface area contributed by atoms with Crippen molar-refractivity contribution in [1.82, 2.24) is 20.2 Å². The van der Waals surface area contributed by atoms with E-state index in [-0.39, 0.29) is 18.0 Å². The summed E-state index contributed by atoms with van der Waals surface area (Å²) in [5.74, 6) is 0.331. The molecule has 0 spiro atoms. The molecular formula is C21H27N5O3. The molecule has 29 heavy (non-hydrogen) atoms. The normalized spacial score (nSPS) is 14.3. The smallest absolute Gasteiger partial charge is 0.409 e. The molecule has 1 fully saturated rings. The number of aromatic nitrogens is 2. The van der Waals surface area contributed by atoms with Crippen LogP contribution in [-0.2, 0) is 11.2 Å². The molecule has 0 atom stereocenters. The van der Waals surface area contributed by atoms with Gasteiger partial charge in [0.1, 0.15) is 17.8 Å². The summed E-state index contributed by atoms with van der Waals surface area (Å²) in [6.07, 6.45) is 3.35. The molecular weight excluding hydrogens is 370 g/mol. The lowest BCUT2D eigenvalue weighted by Gasteiger charge is -2.31. The van der Waals surface area contributed by atoms with Gasteiger partial charge >= 0.3 is 6.09 Å². The third kappa shape index (κ3) is 5.43. The Hall–Kier alpha value is -3.16. The Balaban J connectivity index is 1.58. The Morgan fingerprint density at radius 2 is 1.93 bits per heavy atom. The van der Waals surface area contributed by atoms with E-state index in [9.17, 15) is 9.59 Å². The monoisotopic (exact) mass is 397 g/mol. The van der Waals surface area contributed by atoms with Crippen molar-refractivity contribution < 1.29 is 14.3 Å². The number of hydrogen-bond acceptors (Lipinski definition) is 6. The molecule has 8 heteroatoms. The lowest BCUT2D eigenvalue weighted by Crippen LogP contribution is -2.46. The molecule has 1 aliphatic heterocycles. The van der Waals surface area contributed by atoms with Crippen LogP contribution >= 0.6 is 0 Å². The highest BCUT2D eigenvalue weighted by Crippen LogP contribution is 2.20. The van der Waals surface area contributed by atoms with Crippen LogP contribution in [0.4, 0.5) is 16.3 Å². The average molecular weight is 397 g/mol. The number of carbonyl (C=O) groups is 2. The van der Waals surface area contributed by atoms with E-state index in [0.29, 0.717) is 44.0 Å². The standard InChI is InChI=1S/C21H27N5O3/c1-3-15-7-5-6-8-17(15)25-19-13-18(22-14-23-19)20(27)24-16-9-11-26(12-10-16)21(28)29-4-2/h5-8,13-14,16H,3-4,9-12H2,1-2H3,(H,24,27)(H,22,23,25). The first-order valence-electron chi connectivity index (χ1n) is 10.00. The zero-order valence-electron chi connectivity index (χ0n) is 16.9. The van der Waals surface area contributed by atoms with Crippen molar-refractivity contribution in [2.75, 3.05) is 25.0 Å². The molecule has 1 saturated heterocycles. The minimum atomic E-state index is -0.295. The molecule has 2 heterocycles. The number of hydrogen-bond donors (Lipinski definition) is 2. The summed E-state index contributed by atoms with van der Waals surface area (Å²) in [6, 6.07) is 9.64. The molecule has 3 rings (SSSR count). The summed E-state index contributed by atoms with van der Waals surface area (Å²) >= 11 is 0. The van der Waals surface area contributed by atoms with Crippen LogP contribution in [0, 0.1) is 0 Å². The quantitative estimate of drug-likeness (QED) is 0.777. The van der Waals surface area contributed by atoms with Crippen LogP contribution in [0.15, 0.2) is 36.7 Å². The molecule has 8 nitrogen and oxygen atoms in total. The second-order valence-corrected chi connectivity index (χ2v) is 6.86. The molecule has 0 saturated carbocycles. The highest BCUT2D eigenvalue weighted by molar-refractivity contribution is 5.93. The SMILES string of the molecule is CCOC(=O)N1CCC(NC(=O)c2cc(Nc3ccccc3CC)ncn2)CC1. The Labute approximate surface area is 170 Å². The second-order valence-electron chi connectivity index (χ2n) is 6.86. The maximum atomic E-state index is 12.6. The van der Waals surface area contributed by atoms with Crippen LogP contribution in [0.3, 0.4) is 0 Å². The number of piperidine rings is 1. The van der Waals surface area contributed by atoms with Gasteiger partial charge in [-0.1, -0.05) is 25.1 Å². The first kappa shape index (κ1) is 20.6. The molecule has 0 radical (unpaired) electrons. The number of rotatable bonds is 6. The van der Waals surface area contributed by atoms with E-state index < -0.39 is 0 Å². The van der Waals surface area contributed by atoms with E-state index in [0.717, 1.165) is 12.1 Å². The molecule has 0 unspecified atom stereocenters. The first-order chi connectivity index (χ1) is 14.1. The van der Waals surface area contributed by atoms with Crippen molar-refractivity contribution in [3.8, 4) is 0 Å². The number of para-hydroxylation sites is 1. The number of amides is 2. The maximum absolute atomic E-state index is 12.6.